The summed E-state index contributed by atoms with van der Waals surface area (Å²) < 4.78 is 135. The minimum atomic E-state index is -0.737. The van der Waals surface area contributed by atoms with E-state index in [4.69, 9.17) is 119 Å². The molecule has 2 aromatic carbocycles. The lowest BCUT2D eigenvalue weighted by Gasteiger charge is -2.27. The molecule has 2 aliphatic rings. The monoisotopic (exact) mass is 1690 g/mol. The maximum Gasteiger partial charge on any atom is 0.303 e. The van der Waals surface area contributed by atoms with Crippen molar-refractivity contribution in [3.05, 3.63) is 95.7 Å². The van der Waals surface area contributed by atoms with E-state index < -0.39 is 5.97 Å². The van der Waals surface area contributed by atoms with Crippen molar-refractivity contribution < 1.29 is 145 Å². The number of unbranched alkanes of at least 4 members (excludes halogenated alkanes) is 4. The zero-order chi connectivity index (χ0) is 82.7. The number of rotatable bonds is 87. The number of methoxy groups -OCH3 is 1. The first-order chi connectivity index (χ1) is 57.1. The number of ether oxygens (including phenoxy) is 24. The van der Waals surface area contributed by atoms with Crippen molar-refractivity contribution in [2.45, 2.75) is 89.9 Å². The van der Waals surface area contributed by atoms with Gasteiger partial charge in [-0.2, -0.15) is 4.58 Å². The summed E-state index contributed by atoms with van der Waals surface area (Å²) >= 11 is 0. The number of nitrogens with zero attached hydrogens (tertiary/aromatic N) is 2. The maximum atomic E-state index is 12.7. The number of carbonyl (C=O) groups is 2. The fourth-order valence-electron chi connectivity index (χ4n) is 12.0. The first kappa shape index (κ1) is 107. The van der Waals surface area contributed by atoms with Crippen LogP contribution in [0.25, 0.3) is 0 Å². The van der Waals surface area contributed by atoms with Gasteiger partial charge in [-0.1, -0.05) is 74.9 Å². The Morgan fingerprint density at radius 3 is 1.02 bits per heavy atom. The number of para-hydroxylation sites is 2. The molecule has 117 heavy (non-hydrogen) atoms. The molecule has 0 radical (unpaired) electrons. The van der Waals surface area contributed by atoms with E-state index in [0.29, 0.717) is 330 Å². The molecule has 0 atom stereocenters. The molecule has 0 bridgehead atoms. The van der Waals surface area contributed by atoms with E-state index in [9.17, 15) is 9.59 Å². The van der Waals surface area contributed by atoms with Gasteiger partial charge in [-0.3, -0.25) is 9.59 Å². The molecule has 0 unspecified atom stereocenters. The van der Waals surface area contributed by atoms with Gasteiger partial charge in [-0.15, -0.1) is 0 Å². The topological polar surface area (TPSA) is 294 Å². The number of benzene rings is 2. The Labute approximate surface area is 704 Å². The molecule has 30 nitrogen and oxygen atoms in total. The average molecular weight is 1690 g/mol. The van der Waals surface area contributed by atoms with Gasteiger partial charge in [0.1, 0.15) is 6.54 Å². The summed E-state index contributed by atoms with van der Waals surface area (Å²) in [5.41, 5.74) is 7.26. The van der Waals surface area contributed by atoms with Crippen molar-refractivity contribution in [1.82, 2.24) is 5.32 Å². The lowest BCUT2D eigenvalue weighted by Crippen LogP contribution is -3.00. The van der Waals surface area contributed by atoms with E-state index in [2.05, 4.69) is 121 Å². The smallest absolute Gasteiger partial charge is 0.303 e. The van der Waals surface area contributed by atoms with Crippen LogP contribution in [0.3, 0.4) is 0 Å². The Hall–Kier alpha value is -4.60. The second kappa shape index (κ2) is 76.3. The lowest BCUT2D eigenvalue weighted by molar-refractivity contribution is -0.438. The Balaban J connectivity index is 0.0000354. The Bertz CT molecular complexity index is 2790. The van der Waals surface area contributed by atoms with Crippen molar-refractivity contribution in [1.29, 1.82) is 0 Å². The van der Waals surface area contributed by atoms with Crippen molar-refractivity contribution in [3.63, 3.8) is 0 Å². The van der Waals surface area contributed by atoms with Gasteiger partial charge < -0.3 is 141 Å². The Morgan fingerprint density at radius 1 is 0.359 bits per heavy atom. The van der Waals surface area contributed by atoms with Crippen LogP contribution in [0.1, 0.15) is 90.2 Å². The van der Waals surface area contributed by atoms with E-state index in [0.717, 1.165) is 45.2 Å². The summed E-state index contributed by atoms with van der Waals surface area (Å²) in [6.45, 7) is 34.1. The number of anilines is 1. The number of allylic oxidation sites excluding steroid dienone is 6. The van der Waals surface area contributed by atoms with E-state index in [1.807, 2.05) is 0 Å². The second-order valence-corrected chi connectivity index (χ2v) is 27.7. The number of hydrogen-bond acceptors (Lipinski definition) is 27. The fraction of sp³-hybridized carbons (Fsp3) is 0.756. The van der Waals surface area contributed by atoms with Gasteiger partial charge in [0, 0.05) is 74.0 Å². The third-order valence-electron chi connectivity index (χ3n) is 18.1. The summed E-state index contributed by atoms with van der Waals surface area (Å²) in [5, 5.41) is 12.1. The van der Waals surface area contributed by atoms with Crippen LogP contribution >= 0.6 is 0 Å². The van der Waals surface area contributed by atoms with Gasteiger partial charge >= 0.3 is 5.97 Å². The number of carboxylic acid groups (broad SMARTS) is 1. The van der Waals surface area contributed by atoms with Crippen molar-refractivity contribution in [3.8, 4) is 0 Å². The lowest BCUT2D eigenvalue weighted by atomic mass is 9.81. The Kier molecular flexibility index (Phi) is 69.5. The van der Waals surface area contributed by atoms with Crippen molar-refractivity contribution in [2.24, 2.45) is 0 Å². The van der Waals surface area contributed by atoms with Crippen LogP contribution < -0.4 is 22.6 Å². The molecule has 1 amide bonds. The molecule has 0 saturated heterocycles. The summed E-state index contributed by atoms with van der Waals surface area (Å²) in [6.07, 6.45) is 16.8. The van der Waals surface area contributed by atoms with Gasteiger partial charge in [-0.25, -0.2) is 0 Å². The summed E-state index contributed by atoms with van der Waals surface area (Å²) in [6, 6.07) is 17.3. The van der Waals surface area contributed by atoms with Crippen LogP contribution in [0.4, 0.5) is 11.4 Å². The third kappa shape index (κ3) is 55.2. The molecule has 0 aromatic heterocycles. The molecular weight excluding hydrogens is 1540 g/mol. The van der Waals surface area contributed by atoms with Crippen LogP contribution in [-0.2, 0) is 134 Å². The predicted octanol–water partition coefficient (Wildman–Crippen LogP) is 5.21. The van der Waals surface area contributed by atoms with Crippen molar-refractivity contribution in [2.75, 3.05) is 342 Å². The molecule has 2 N–H and O–H groups in total. The van der Waals surface area contributed by atoms with Crippen LogP contribution in [-0.4, -0.2) is 365 Å². The molecule has 31 heteroatoms. The van der Waals surface area contributed by atoms with E-state index in [-0.39, 0.29) is 35.6 Å². The van der Waals surface area contributed by atoms with Crippen molar-refractivity contribution >= 4 is 29.0 Å². The molecular formula is C86H146ClN3O27. The number of carboxylic acids is 1. The second-order valence-electron chi connectivity index (χ2n) is 27.7. The normalized spacial score (nSPS) is 14.0. The minimum absolute atomic E-state index is 0. The van der Waals surface area contributed by atoms with Gasteiger partial charge in [0.25, 0.3) is 0 Å². The highest BCUT2D eigenvalue weighted by Crippen LogP contribution is 2.48. The molecule has 2 heterocycles. The molecule has 4 rings (SSSR count). The largest absolute Gasteiger partial charge is 1.00 e. The first-order valence-corrected chi connectivity index (χ1v) is 42.0. The van der Waals surface area contributed by atoms with Gasteiger partial charge in [0.05, 0.1) is 316 Å². The highest BCUT2D eigenvalue weighted by atomic mass is 35.5. The molecule has 0 fully saturated rings. The summed E-state index contributed by atoms with van der Waals surface area (Å²) in [7, 11) is 1.64. The summed E-state index contributed by atoms with van der Waals surface area (Å²) in [4.78, 5) is 26.2. The molecule has 0 saturated carbocycles. The van der Waals surface area contributed by atoms with E-state index in [1.54, 1.807) is 7.11 Å². The van der Waals surface area contributed by atoms with Crippen LogP contribution in [0.15, 0.2) is 84.6 Å². The number of fused-ring (bicyclic) bond motifs is 2. The summed E-state index contributed by atoms with van der Waals surface area (Å²) in [5.74, 6) is -0.699. The molecule has 0 aliphatic carbocycles. The third-order valence-corrected chi connectivity index (χ3v) is 18.1. The van der Waals surface area contributed by atoms with Gasteiger partial charge in [0.15, 0.2) is 5.71 Å². The SMILES string of the molecule is COCCOCCOCCOCCOCCOCCOCCOCCOCCOCCOCCOCCOCCOCCOCCOCCOCCOCCOCCOCCOCCOCCOCCOCCNC(=O)CCCCC[N+]1=C(C=CC=CC=C2N(CCCCCC(=O)O)c3ccccc3C2(C)C)C(C)(C)c2ccccc21.[Cl-]. The fourth-order valence-corrected chi connectivity index (χ4v) is 12.0. The zero-order valence-corrected chi connectivity index (χ0v) is 72.1. The first-order valence-electron chi connectivity index (χ1n) is 42.0. The molecule has 2 aromatic rings. The van der Waals surface area contributed by atoms with Crippen LogP contribution in [0.5, 0.6) is 0 Å². The predicted molar refractivity (Wildman–Crippen MR) is 441 cm³/mol. The number of hydrogen-bond donors (Lipinski definition) is 2. The number of carbonyl (C=O) groups excluding carboxylic acids is 1. The zero-order valence-electron chi connectivity index (χ0n) is 71.4. The molecule has 0 spiro atoms. The van der Waals surface area contributed by atoms with Gasteiger partial charge in [0.2, 0.25) is 11.6 Å². The highest BCUT2D eigenvalue weighted by Gasteiger charge is 2.44. The quantitative estimate of drug-likeness (QED) is 0.0488. The highest BCUT2D eigenvalue weighted by molar-refractivity contribution is 6.03. The molecule has 674 valence electrons. The average Bonchev–Trinajstić information content (AvgIpc) is 1.61. The maximum absolute atomic E-state index is 12.7. The van der Waals surface area contributed by atoms with Crippen LogP contribution in [0, 0.1) is 0 Å². The number of amides is 1. The van der Waals surface area contributed by atoms with E-state index in [1.165, 1.54) is 33.9 Å². The Morgan fingerprint density at radius 2 is 0.667 bits per heavy atom. The molecule has 2 aliphatic heterocycles. The number of halogens is 1. The number of nitrogens with one attached hydrogen (secondary N) is 1. The number of aliphatic carboxylic acids is 1. The standard InChI is InChI=1S/C86H145N3O27.ClH/c1-85(2)77-19-13-15-21-79(77)88(81(85)23-9-6-10-24-82-86(3,4)78-20-14-16-22-80(78)89(82)29-18-8-12-26-84(91)92)28-17-7-11-25-83(90)87-27-30-94-33-34-96-37-38-98-41-42-100-45-46-102-49-50-104-53-54-106-57-58-108-61-62-110-65-66-112-69-70-114-73-74-116-76-75-115-72-71-113-68-67-111-64-63-109-60-59-107-56-55-105-52-51-103-48-47-101-44-43-99-40-39-97-36-35-95-32-31-93-5;/h6,9-10,13-16,19-24H,7-8,11-12,17-18,25-76H2,1-5H3,(H-,87,90,91,92);1H. The minimum Gasteiger partial charge on any atom is -1.00 e. The van der Waals surface area contributed by atoms with Crippen LogP contribution in [0.2, 0.25) is 0 Å². The van der Waals surface area contributed by atoms with Gasteiger partial charge in [-0.05, 0) is 57.2 Å². The van der Waals surface area contributed by atoms with E-state index >= 15 is 0 Å².